The van der Waals surface area contributed by atoms with Crippen LogP contribution in [0.25, 0.3) is 0 Å². The molecule has 1 N–H and O–H groups in total. The fraction of sp³-hybridized carbons (Fsp3) is 0.200. The zero-order chi connectivity index (χ0) is 14.5. The first-order chi connectivity index (χ1) is 9.60. The Kier molecular flexibility index (Phi) is 4.79. The van der Waals surface area contributed by atoms with E-state index >= 15 is 0 Å². The number of hydrogen-bond donors (Lipinski definition) is 1. The van der Waals surface area contributed by atoms with Gasteiger partial charge in [-0.3, -0.25) is 0 Å². The third-order valence-corrected chi connectivity index (χ3v) is 3.00. The quantitative estimate of drug-likeness (QED) is 0.869. The van der Waals surface area contributed by atoms with Gasteiger partial charge < -0.3 is 10.1 Å². The molecule has 0 unspecified atom stereocenters. The molecule has 0 bridgehead atoms. The summed E-state index contributed by atoms with van der Waals surface area (Å²) in [6.07, 6.45) is 0. The summed E-state index contributed by atoms with van der Waals surface area (Å²) >= 11 is 5.70. The van der Waals surface area contributed by atoms with Crippen molar-refractivity contribution in [3.8, 4) is 5.75 Å². The molecule has 0 atom stereocenters. The molecule has 0 aliphatic rings. The van der Waals surface area contributed by atoms with Crippen LogP contribution in [-0.4, -0.2) is 6.61 Å². The molecule has 0 saturated heterocycles. The number of halogens is 3. The molecule has 106 valence electrons. The highest BCUT2D eigenvalue weighted by atomic mass is 35.5. The fourth-order valence-corrected chi connectivity index (χ4v) is 1.94. The van der Waals surface area contributed by atoms with E-state index in [2.05, 4.69) is 5.32 Å². The maximum Gasteiger partial charge on any atom is 0.167 e. The summed E-state index contributed by atoms with van der Waals surface area (Å²) < 4.78 is 31.8. The van der Waals surface area contributed by atoms with E-state index in [0.29, 0.717) is 18.8 Å². The summed E-state index contributed by atoms with van der Waals surface area (Å²) in [4.78, 5) is 0. The average molecular weight is 298 g/mol. The molecule has 0 heterocycles. The number of hydrogen-bond acceptors (Lipinski definition) is 2. The minimum Gasteiger partial charge on any atom is -0.491 e. The lowest BCUT2D eigenvalue weighted by Crippen LogP contribution is -2.01. The van der Waals surface area contributed by atoms with Crippen LogP contribution in [0, 0.1) is 11.6 Å². The predicted molar refractivity (Wildman–Crippen MR) is 76.3 cm³/mol. The SMILES string of the molecule is CCOc1ccc(NCc2ccc(F)c(Cl)c2)cc1F. The van der Waals surface area contributed by atoms with E-state index in [0.717, 1.165) is 5.56 Å². The first-order valence-corrected chi connectivity index (χ1v) is 6.58. The van der Waals surface area contributed by atoms with Crippen LogP contribution < -0.4 is 10.1 Å². The molecule has 0 aliphatic heterocycles. The molecule has 0 fully saturated rings. The highest BCUT2D eigenvalue weighted by Gasteiger charge is 2.05. The van der Waals surface area contributed by atoms with Crippen LogP contribution in [-0.2, 0) is 6.54 Å². The van der Waals surface area contributed by atoms with Crippen molar-refractivity contribution in [2.75, 3.05) is 11.9 Å². The van der Waals surface area contributed by atoms with Gasteiger partial charge in [0.2, 0.25) is 0 Å². The van der Waals surface area contributed by atoms with Crippen molar-refractivity contribution < 1.29 is 13.5 Å². The first kappa shape index (κ1) is 14.6. The van der Waals surface area contributed by atoms with Gasteiger partial charge in [-0.05, 0) is 36.8 Å². The maximum absolute atomic E-state index is 13.6. The van der Waals surface area contributed by atoms with Crippen LogP contribution in [0.1, 0.15) is 12.5 Å². The summed E-state index contributed by atoms with van der Waals surface area (Å²) in [5.41, 5.74) is 1.43. The van der Waals surface area contributed by atoms with Crippen LogP contribution in [0.2, 0.25) is 5.02 Å². The van der Waals surface area contributed by atoms with Gasteiger partial charge in [-0.15, -0.1) is 0 Å². The van der Waals surface area contributed by atoms with Crippen molar-refractivity contribution in [3.63, 3.8) is 0 Å². The molecule has 0 aliphatic carbocycles. The zero-order valence-corrected chi connectivity index (χ0v) is 11.7. The van der Waals surface area contributed by atoms with Crippen molar-refractivity contribution >= 4 is 17.3 Å². The largest absolute Gasteiger partial charge is 0.491 e. The predicted octanol–water partition coefficient (Wildman–Crippen LogP) is 4.63. The second-order valence-electron chi connectivity index (χ2n) is 4.18. The fourth-order valence-electron chi connectivity index (χ4n) is 1.74. The summed E-state index contributed by atoms with van der Waals surface area (Å²) in [5, 5.41) is 3.11. The Balaban J connectivity index is 2.03. The lowest BCUT2D eigenvalue weighted by molar-refractivity contribution is 0.321. The summed E-state index contributed by atoms with van der Waals surface area (Å²) in [6.45, 7) is 2.63. The highest BCUT2D eigenvalue weighted by molar-refractivity contribution is 6.30. The Morgan fingerprint density at radius 2 is 1.90 bits per heavy atom. The molecule has 2 aromatic carbocycles. The Bertz CT molecular complexity index is 604. The molecule has 2 rings (SSSR count). The van der Waals surface area contributed by atoms with E-state index in [9.17, 15) is 8.78 Å². The Morgan fingerprint density at radius 3 is 2.55 bits per heavy atom. The van der Waals surface area contributed by atoms with E-state index < -0.39 is 11.6 Å². The molecule has 5 heteroatoms. The minimum absolute atomic E-state index is 0.0715. The van der Waals surface area contributed by atoms with Gasteiger partial charge in [-0.2, -0.15) is 0 Å². The van der Waals surface area contributed by atoms with E-state index in [1.54, 1.807) is 25.1 Å². The van der Waals surface area contributed by atoms with E-state index in [-0.39, 0.29) is 10.8 Å². The normalized spacial score (nSPS) is 10.4. The number of anilines is 1. The highest BCUT2D eigenvalue weighted by Crippen LogP contribution is 2.22. The van der Waals surface area contributed by atoms with Crippen molar-refractivity contribution in [3.05, 3.63) is 58.6 Å². The summed E-state index contributed by atoms with van der Waals surface area (Å²) in [7, 11) is 0. The van der Waals surface area contributed by atoms with Gasteiger partial charge in [0, 0.05) is 18.3 Å². The Hall–Kier alpha value is -1.81. The minimum atomic E-state index is -0.456. The molecule has 0 saturated carbocycles. The van der Waals surface area contributed by atoms with Gasteiger partial charge in [0.25, 0.3) is 0 Å². The smallest absolute Gasteiger partial charge is 0.167 e. The second-order valence-corrected chi connectivity index (χ2v) is 4.59. The molecule has 0 amide bonds. The number of ether oxygens (including phenoxy) is 1. The number of rotatable bonds is 5. The summed E-state index contributed by atoms with van der Waals surface area (Å²) in [5.74, 6) is -0.653. The van der Waals surface area contributed by atoms with Gasteiger partial charge in [0.05, 0.1) is 11.6 Å². The summed E-state index contributed by atoms with van der Waals surface area (Å²) in [6, 6.07) is 9.11. The van der Waals surface area contributed by atoms with Crippen molar-refractivity contribution in [1.29, 1.82) is 0 Å². The van der Waals surface area contributed by atoms with E-state index in [4.69, 9.17) is 16.3 Å². The van der Waals surface area contributed by atoms with Crippen LogP contribution in [0.3, 0.4) is 0 Å². The van der Waals surface area contributed by atoms with E-state index in [1.807, 2.05) is 0 Å². The number of nitrogens with one attached hydrogen (secondary N) is 1. The lowest BCUT2D eigenvalue weighted by Gasteiger charge is -2.09. The molecule has 20 heavy (non-hydrogen) atoms. The molecule has 0 radical (unpaired) electrons. The Labute approximate surface area is 121 Å². The molecule has 0 spiro atoms. The first-order valence-electron chi connectivity index (χ1n) is 6.20. The van der Waals surface area contributed by atoms with Gasteiger partial charge in [0.1, 0.15) is 5.82 Å². The topological polar surface area (TPSA) is 21.3 Å². The third-order valence-electron chi connectivity index (χ3n) is 2.71. The monoisotopic (exact) mass is 297 g/mol. The maximum atomic E-state index is 13.6. The van der Waals surface area contributed by atoms with Crippen molar-refractivity contribution in [1.82, 2.24) is 0 Å². The van der Waals surface area contributed by atoms with Crippen LogP contribution in [0.15, 0.2) is 36.4 Å². The molecule has 0 aromatic heterocycles. The standard InChI is InChI=1S/C15H14ClF2NO/c1-2-20-15-6-4-11(8-14(15)18)19-9-10-3-5-13(17)12(16)7-10/h3-8,19H,2,9H2,1H3. The lowest BCUT2D eigenvalue weighted by atomic mass is 10.2. The Morgan fingerprint density at radius 1 is 1.10 bits per heavy atom. The van der Waals surface area contributed by atoms with Crippen LogP contribution in [0.5, 0.6) is 5.75 Å². The van der Waals surface area contributed by atoms with Gasteiger partial charge in [-0.1, -0.05) is 17.7 Å². The van der Waals surface area contributed by atoms with E-state index in [1.165, 1.54) is 18.2 Å². The second kappa shape index (κ2) is 6.57. The van der Waals surface area contributed by atoms with Crippen LogP contribution in [0.4, 0.5) is 14.5 Å². The molecular weight excluding hydrogens is 284 g/mol. The van der Waals surface area contributed by atoms with Gasteiger partial charge in [0.15, 0.2) is 11.6 Å². The van der Waals surface area contributed by atoms with Crippen molar-refractivity contribution in [2.24, 2.45) is 0 Å². The molecule has 2 nitrogen and oxygen atoms in total. The molecular formula is C15H14ClF2NO. The van der Waals surface area contributed by atoms with Crippen LogP contribution >= 0.6 is 11.6 Å². The van der Waals surface area contributed by atoms with Gasteiger partial charge >= 0.3 is 0 Å². The van der Waals surface area contributed by atoms with Crippen molar-refractivity contribution in [2.45, 2.75) is 13.5 Å². The average Bonchev–Trinajstić information content (AvgIpc) is 2.43. The third kappa shape index (κ3) is 3.61. The van der Waals surface area contributed by atoms with Gasteiger partial charge in [-0.25, -0.2) is 8.78 Å². The molecule has 2 aromatic rings. The zero-order valence-electron chi connectivity index (χ0n) is 10.9. The number of benzene rings is 2.